The number of fused-ring (bicyclic) bond motifs is 1. The Labute approximate surface area is 193 Å². The van der Waals surface area contributed by atoms with Crippen molar-refractivity contribution in [3.63, 3.8) is 0 Å². The Morgan fingerprint density at radius 3 is 2.94 bits per heavy atom. The fraction of sp³-hybridized carbons (Fsp3) is 0.261. The summed E-state index contributed by atoms with van der Waals surface area (Å²) in [5, 5.41) is 3.74. The third kappa shape index (κ3) is 4.52. The van der Waals surface area contributed by atoms with Crippen LogP contribution in [0.1, 0.15) is 49.2 Å². The zero-order valence-electron chi connectivity index (χ0n) is 17.1. The Bertz CT molecular complexity index is 1250. The van der Waals surface area contributed by atoms with E-state index in [0.29, 0.717) is 33.4 Å². The van der Waals surface area contributed by atoms with Crippen molar-refractivity contribution < 1.29 is 4.74 Å². The molecule has 0 spiro atoms. The molecule has 31 heavy (non-hydrogen) atoms. The van der Waals surface area contributed by atoms with Crippen LogP contribution in [0, 0.1) is 0 Å². The first-order valence-electron chi connectivity index (χ1n) is 10.1. The van der Waals surface area contributed by atoms with Gasteiger partial charge in [0.15, 0.2) is 5.82 Å². The third-order valence-electron chi connectivity index (χ3n) is 5.00. The highest BCUT2D eigenvalue weighted by atomic mass is 79.9. The molecule has 6 nitrogen and oxygen atoms in total. The van der Waals surface area contributed by atoms with Crippen LogP contribution in [0.25, 0.3) is 11.4 Å². The predicted octanol–water partition coefficient (Wildman–Crippen LogP) is 5.83. The van der Waals surface area contributed by atoms with Crippen molar-refractivity contribution in [1.29, 1.82) is 0 Å². The molecule has 0 radical (unpaired) electrons. The number of nitrogens with one attached hydrogen (secondary N) is 1. The van der Waals surface area contributed by atoms with Crippen LogP contribution < -0.4 is 10.3 Å². The summed E-state index contributed by atoms with van der Waals surface area (Å²) < 4.78 is 7.69. The van der Waals surface area contributed by atoms with Gasteiger partial charge < -0.3 is 4.74 Å². The van der Waals surface area contributed by atoms with Crippen molar-refractivity contribution in [2.75, 3.05) is 0 Å². The molecular weight excluding hydrogens is 480 g/mol. The van der Waals surface area contributed by atoms with Gasteiger partial charge in [-0.1, -0.05) is 42.0 Å². The summed E-state index contributed by atoms with van der Waals surface area (Å²) >= 11 is 9.76. The van der Waals surface area contributed by atoms with Gasteiger partial charge in [0, 0.05) is 16.2 Å². The minimum atomic E-state index is -0.278. The number of benzene rings is 1. The Balaban J connectivity index is 1.67. The highest BCUT2D eigenvalue weighted by molar-refractivity contribution is 9.10. The van der Waals surface area contributed by atoms with Gasteiger partial charge in [-0.2, -0.15) is 9.50 Å². The lowest BCUT2D eigenvalue weighted by Gasteiger charge is -2.12. The predicted molar refractivity (Wildman–Crippen MR) is 127 cm³/mol. The first-order valence-corrected chi connectivity index (χ1v) is 11.2. The average Bonchev–Trinajstić information content (AvgIpc) is 3.50. The lowest BCUT2D eigenvalue weighted by Crippen LogP contribution is -2.19. The van der Waals surface area contributed by atoms with Gasteiger partial charge in [-0.15, -0.1) is 6.58 Å². The second-order valence-electron chi connectivity index (χ2n) is 7.28. The molecule has 0 amide bonds. The molecule has 160 valence electrons. The average molecular weight is 502 g/mol. The number of allylic oxidation sites excluding steroid dienone is 5. The number of halogens is 2. The molecule has 1 saturated carbocycles. The van der Waals surface area contributed by atoms with Gasteiger partial charge in [0.2, 0.25) is 0 Å². The molecular formula is C23H22BrClN4O2. The van der Waals surface area contributed by atoms with Crippen molar-refractivity contribution in [3.8, 4) is 5.75 Å². The molecule has 1 aliphatic rings. The van der Waals surface area contributed by atoms with E-state index in [-0.39, 0.29) is 17.9 Å². The molecule has 1 fully saturated rings. The van der Waals surface area contributed by atoms with Crippen LogP contribution in [0.4, 0.5) is 0 Å². The van der Waals surface area contributed by atoms with E-state index in [1.165, 1.54) is 4.52 Å². The van der Waals surface area contributed by atoms with Gasteiger partial charge >= 0.3 is 0 Å². The quantitative estimate of drug-likeness (QED) is 0.311. The molecule has 4 rings (SSSR count). The molecule has 2 heterocycles. The highest BCUT2D eigenvalue weighted by Gasteiger charge is 2.29. The Morgan fingerprint density at radius 2 is 2.23 bits per heavy atom. The normalized spacial score (nSPS) is 14.5. The monoisotopic (exact) mass is 500 g/mol. The highest BCUT2D eigenvalue weighted by Crippen LogP contribution is 2.47. The van der Waals surface area contributed by atoms with Crippen LogP contribution in [-0.2, 0) is 6.61 Å². The SMILES string of the molecule is C=CC/C=C(\C=C/C)c1nc2nc(COc3cccc(Cl)c3C3CC3)c(Br)c(=O)n2[nH]1. The van der Waals surface area contributed by atoms with Crippen molar-refractivity contribution in [2.24, 2.45) is 0 Å². The molecule has 0 saturated heterocycles. The summed E-state index contributed by atoms with van der Waals surface area (Å²) in [6.07, 6.45) is 10.5. The number of hydrogen-bond donors (Lipinski definition) is 1. The smallest absolute Gasteiger partial charge is 0.288 e. The number of H-pyrrole nitrogens is 1. The summed E-state index contributed by atoms with van der Waals surface area (Å²) in [6, 6.07) is 5.64. The third-order valence-corrected chi connectivity index (χ3v) is 6.12. The molecule has 0 bridgehead atoms. The number of ether oxygens (including phenoxy) is 1. The number of hydrogen-bond acceptors (Lipinski definition) is 4. The molecule has 8 heteroatoms. The fourth-order valence-electron chi connectivity index (χ4n) is 3.35. The van der Waals surface area contributed by atoms with Gasteiger partial charge in [-0.05, 0) is 60.2 Å². The molecule has 0 atom stereocenters. The minimum Gasteiger partial charge on any atom is -0.487 e. The second-order valence-corrected chi connectivity index (χ2v) is 8.48. The van der Waals surface area contributed by atoms with E-state index in [4.69, 9.17) is 16.3 Å². The van der Waals surface area contributed by atoms with Crippen molar-refractivity contribution >= 4 is 38.9 Å². The molecule has 3 aromatic rings. The Hall–Kier alpha value is -2.64. The van der Waals surface area contributed by atoms with Crippen LogP contribution in [0.2, 0.25) is 5.02 Å². The minimum absolute atomic E-state index is 0.128. The van der Waals surface area contributed by atoms with Crippen molar-refractivity contribution in [3.05, 3.63) is 86.0 Å². The van der Waals surface area contributed by atoms with Gasteiger partial charge in [0.25, 0.3) is 11.3 Å². The lowest BCUT2D eigenvalue weighted by molar-refractivity contribution is 0.297. The van der Waals surface area contributed by atoms with Crippen LogP contribution in [0.15, 0.2) is 58.3 Å². The van der Waals surface area contributed by atoms with Crippen LogP contribution in [0.5, 0.6) is 5.75 Å². The maximum Gasteiger partial charge on any atom is 0.288 e. The van der Waals surface area contributed by atoms with Gasteiger partial charge in [-0.3, -0.25) is 9.89 Å². The molecule has 1 aromatic carbocycles. The molecule has 1 N–H and O–H groups in total. The Kier molecular flexibility index (Phi) is 6.43. The summed E-state index contributed by atoms with van der Waals surface area (Å²) in [5.74, 6) is 2.01. The largest absolute Gasteiger partial charge is 0.487 e. The zero-order valence-corrected chi connectivity index (χ0v) is 19.4. The van der Waals surface area contributed by atoms with E-state index >= 15 is 0 Å². The fourth-order valence-corrected chi connectivity index (χ4v) is 4.06. The van der Waals surface area contributed by atoms with Gasteiger partial charge in [0.1, 0.15) is 22.5 Å². The maximum atomic E-state index is 12.9. The molecule has 0 unspecified atom stereocenters. The standard InChI is InChI=1S/C23H22BrClN4O2/c1-3-5-8-15(7-4-2)21-27-23-26-17(20(24)22(30)29(23)28-21)13-31-18-10-6-9-16(25)19(18)14-11-12-14/h3-4,6-10,14H,1,5,11-13H2,2H3,(H,26,27,28)/b7-4-,15-8+. The number of nitrogens with zero attached hydrogens (tertiary/aromatic N) is 3. The molecule has 0 aliphatic heterocycles. The second kappa shape index (κ2) is 9.24. The van der Waals surface area contributed by atoms with E-state index < -0.39 is 0 Å². The van der Waals surface area contributed by atoms with E-state index in [9.17, 15) is 4.79 Å². The van der Waals surface area contributed by atoms with E-state index in [1.807, 2.05) is 43.4 Å². The first kappa shape index (κ1) is 21.6. The molecule has 2 aromatic heterocycles. The van der Waals surface area contributed by atoms with E-state index in [0.717, 1.165) is 29.7 Å². The van der Waals surface area contributed by atoms with E-state index in [1.54, 1.807) is 6.08 Å². The Morgan fingerprint density at radius 1 is 1.42 bits per heavy atom. The topological polar surface area (TPSA) is 72.3 Å². The van der Waals surface area contributed by atoms with Gasteiger partial charge in [0.05, 0.1) is 0 Å². The zero-order chi connectivity index (χ0) is 22.0. The summed E-state index contributed by atoms with van der Waals surface area (Å²) in [6.45, 7) is 5.79. The number of aromatic amines is 1. The van der Waals surface area contributed by atoms with Crippen molar-refractivity contribution in [1.82, 2.24) is 19.6 Å². The number of rotatable bonds is 8. The lowest BCUT2D eigenvalue weighted by atomic mass is 10.1. The summed E-state index contributed by atoms with van der Waals surface area (Å²) in [4.78, 5) is 22.0. The van der Waals surface area contributed by atoms with E-state index in [2.05, 4.69) is 37.6 Å². The first-order chi connectivity index (χ1) is 15.0. The van der Waals surface area contributed by atoms with Crippen LogP contribution >= 0.6 is 27.5 Å². The summed E-state index contributed by atoms with van der Waals surface area (Å²) in [7, 11) is 0. The van der Waals surface area contributed by atoms with Gasteiger partial charge in [-0.25, -0.2) is 4.98 Å². The van der Waals surface area contributed by atoms with Crippen molar-refractivity contribution in [2.45, 2.75) is 38.7 Å². The number of aromatic nitrogens is 4. The molecule has 1 aliphatic carbocycles. The van der Waals surface area contributed by atoms with Crippen LogP contribution in [-0.4, -0.2) is 19.6 Å². The summed E-state index contributed by atoms with van der Waals surface area (Å²) in [5.41, 5.74) is 2.09. The van der Waals surface area contributed by atoms with Crippen LogP contribution in [0.3, 0.4) is 0 Å². The maximum absolute atomic E-state index is 12.9.